The Kier molecular flexibility index (Phi) is 9.05. The minimum Gasteiger partial charge on any atom is -0.478 e. The van der Waals surface area contributed by atoms with Gasteiger partial charge in [-0.3, -0.25) is 0 Å². The third-order valence-electron chi connectivity index (χ3n) is 1.73. The molecule has 0 bridgehead atoms. The van der Waals surface area contributed by atoms with E-state index in [9.17, 15) is 4.79 Å². The van der Waals surface area contributed by atoms with Crippen LogP contribution in [0.5, 0.6) is 0 Å². The summed E-state index contributed by atoms with van der Waals surface area (Å²) < 4.78 is 1.48. The van der Waals surface area contributed by atoms with Crippen molar-refractivity contribution in [1.82, 2.24) is 0 Å². The third kappa shape index (κ3) is 7.13. The number of unbranched alkanes of at least 4 members (excludes halogenated alkanes) is 1. The van der Waals surface area contributed by atoms with Crippen LogP contribution in [0.15, 0.2) is 30.3 Å². The molecular weight excluding hydrogens is 187 g/mol. The fourth-order valence-electron chi connectivity index (χ4n) is 0.934. The van der Waals surface area contributed by atoms with Gasteiger partial charge in [-0.05, 0) is 12.1 Å². The topological polar surface area (TPSA) is 37.3 Å². The molecule has 0 radical (unpaired) electrons. The van der Waals surface area contributed by atoms with Gasteiger partial charge in [-0.2, -0.15) is 0 Å². The molecule has 0 aliphatic rings. The summed E-state index contributed by atoms with van der Waals surface area (Å²) in [6, 6.07) is 8.30. The maximum atomic E-state index is 10.2. The Morgan fingerprint density at radius 3 is 2.14 bits per heavy atom. The van der Waals surface area contributed by atoms with Crippen LogP contribution in [0.3, 0.4) is 0 Å². The number of aromatic carboxylic acids is 1. The van der Waals surface area contributed by atoms with Crippen molar-refractivity contribution in [3.63, 3.8) is 0 Å². The molecule has 0 aromatic heterocycles. The number of rotatable bonds is 3. The van der Waals surface area contributed by atoms with Crippen molar-refractivity contribution in [2.75, 3.05) is 0 Å². The van der Waals surface area contributed by atoms with Crippen LogP contribution in [-0.4, -0.2) is 39.0 Å². The first-order chi connectivity index (χ1) is 6.72. The number of carbonyl (C=O) groups is 1. The van der Waals surface area contributed by atoms with Crippen LogP contribution in [0.2, 0.25) is 3.67 Å². The first-order valence-corrected chi connectivity index (χ1v) is 6.42. The largest absolute Gasteiger partial charge is 0.478 e. The second-order valence-electron chi connectivity index (χ2n) is 3.02. The number of carboxylic acid groups (broad SMARTS) is 1. The fraction of sp³-hybridized carbons (Fsp3) is 0.364. The molecular formula is C11H15NaO2. The Morgan fingerprint density at radius 2 is 1.93 bits per heavy atom. The van der Waals surface area contributed by atoms with E-state index in [1.165, 1.54) is 44.4 Å². The van der Waals surface area contributed by atoms with E-state index in [0.717, 1.165) is 0 Å². The maximum Gasteiger partial charge on any atom is 0.335 e. The van der Waals surface area contributed by atoms with Gasteiger partial charge in [0.25, 0.3) is 0 Å². The molecule has 0 atom stereocenters. The number of carboxylic acids is 1. The summed E-state index contributed by atoms with van der Waals surface area (Å²) in [5.74, 6) is -0.879. The molecule has 1 aromatic rings. The quantitative estimate of drug-likeness (QED) is 0.765. The molecule has 0 saturated carbocycles. The molecule has 0 amide bonds. The first kappa shape index (κ1) is 13.7. The van der Waals surface area contributed by atoms with E-state index in [1.54, 1.807) is 30.3 Å². The summed E-state index contributed by atoms with van der Waals surface area (Å²) in [7, 11) is 0. The van der Waals surface area contributed by atoms with Crippen molar-refractivity contribution in [2.45, 2.75) is 23.4 Å². The van der Waals surface area contributed by atoms with E-state index in [1.807, 2.05) is 0 Å². The zero-order valence-corrected chi connectivity index (χ0v) is 10.9. The molecule has 0 heterocycles. The molecule has 0 aliphatic heterocycles. The van der Waals surface area contributed by atoms with Gasteiger partial charge in [0, 0.05) is 0 Å². The van der Waals surface area contributed by atoms with Gasteiger partial charge in [-0.15, -0.1) is 0 Å². The molecule has 0 unspecified atom stereocenters. The Balaban J connectivity index is 0.000000292. The van der Waals surface area contributed by atoms with Gasteiger partial charge < -0.3 is 5.11 Å². The predicted molar refractivity (Wildman–Crippen MR) is 58.9 cm³/mol. The number of hydrogen-bond acceptors (Lipinski definition) is 1. The second kappa shape index (κ2) is 9.25. The van der Waals surface area contributed by atoms with Gasteiger partial charge in [0.05, 0.1) is 5.56 Å². The van der Waals surface area contributed by atoms with Crippen LogP contribution < -0.4 is 0 Å². The van der Waals surface area contributed by atoms with Crippen molar-refractivity contribution < 1.29 is 9.90 Å². The summed E-state index contributed by atoms with van der Waals surface area (Å²) in [6.07, 6.45) is 2.83. The van der Waals surface area contributed by atoms with Crippen molar-refractivity contribution in [2.24, 2.45) is 0 Å². The number of hydrogen-bond donors (Lipinski definition) is 1. The smallest absolute Gasteiger partial charge is 0.335 e. The van der Waals surface area contributed by atoms with E-state index in [0.29, 0.717) is 5.56 Å². The SMILES string of the molecule is CCC[CH2][Na].O=C(O)c1ccccc1. The van der Waals surface area contributed by atoms with Gasteiger partial charge in [-0.1, -0.05) is 18.2 Å². The zero-order valence-electron chi connectivity index (χ0n) is 8.86. The second-order valence-corrected chi connectivity index (χ2v) is 4.02. The summed E-state index contributed by atoms with van der Waals surface area (Å²) in [5, 5.41) is 8.38. The third-order valence-corrected chi connectivity index (χ3v) is 2.43. The minimum absolute atomic E-state index is 0.331. The van der Waals surface area contributed by atoms with Gasteiger partial charge in [0.15, 0.2) is 0 Å². The van der Waals surface area contributed by atoms with Crippen LogP contribution in [0.4, 0.5) is 0 Å². The van der Waals surface area contributed by atoms with E-state index in [4.69, 9.17) is 5.11 Å². The van der Waals surface area contributed by atoms with Crippen LogP contribution >= 0.6 is 0 Å². The average Bonchev–Trinajstić information content (AvgIpc) is 2.21. The molecule has 1 rings (SSSR count). The van der Waals surface area contributed by atoms with Crippen molar-refractivity contribution >= 4 is 33.9 Å². The van der Waals surface area contributed by atoms with Crippen molar-refractivity contribution in [3.05, 3.63) is 35.9 Å². The molecule has 14 heavy (non-hydrogen) atoms. The Labute approximate surface area is 103 Å². The molecule has 3 heteroatoms. The summed E-state index contributed by atoms with van der Waals surface area (Å²) in [5.41, 5.74) is 0.331. The Morgan fingerprint density at radius 1 is 1.36 bits per heavy atom. The molecule has 0 fully saturated rings. The van der Waals surface area contributed by atoms with Crippen LogP contribution in [0, 0.1) is 0 Å². The van der Waals surface area contributed by atoms with Gasteiger partial charge >= 0.3 is 57.3 Å². The maximum absolute atomic E-state index is 10.2. The monoisotopic (exact) mass is 202 g/mol. The van der Waals surface area contributed by atoms with Gasteiger partial charge in [0.1, 0.15) is 0 Å². The van der Waals surface area contributed by atoms with E-state index in [2.05, 4.69) is 6.92 Å². The Bertz CT molecular complexity index is 245. The normalized spacial score (nSPS) is 8.79. The summed E-state index contributed by atoms with van der Waals surface area (Å²) in [6.45, 7) is 2.23. The summed E-state index contributed by atoms with van der Waals surface area (Å²) in [4.78, 5) is 10.2. The minimum atomic E-state index is -0.879. The van der Waals surface area contributed by atoms with E-state index < -0.39 is 5.97 Å². The number of benzene rings is 1. The van der Waals surface area contributed by atoms with Crippen LogP contribution in [0.25, 0.3) is 0 Å². The van der Waals surface area contributed by atoms with Gasteiger partial charge in [0.2, 0.25) is 0 Å². The fourth-order valence-corrected chi connectivity index (χ4v) is 1.64. The molecule has 0 spiro atoms. The summed E-state index contributed by atoms with van der Waals surface area (Å²) >= 11 is 1.40. The average molecular weight is 202 g/mol. The molecule has 0 aliphatic carbocycles. The van der Waals surface area contributed by atoms with Crippen LogP contribution in [-0.2, 0) is 0 Å². The van der Waals surface area contributed by atoms with Crippen LogP contribution in [0.1, 0.15) is 30.1 Å². The van der Waals surface area contributed by atoms with Crippen molar-refractivity contribution in [1.29, 1.82) is 0 Å². The standard InChI is InChI=1S/C7H6O2.C4H9.Na/c8-7(9)6-4-2-1-3-5-6;1-3-4-2;/h1-5H,(H,8,9);1,3-4H2,2H3;. The molecule has 2 nitrogen and oxygen atoms in total. The van der Waals surface area contributed by atoms with Crippen molar-refractivity contribution in [3.8, 4) is 0 Å². The first-order valence-electron chi connectivity index (χ1n) is 5.00. The molecule has 1 aromatic carbocycles. The molecule has 72 valence electrons. The van der Waals surface area contributed by atoms with E-state index >= 15 is 0 Å². The zero-order chi connectivity index (χ0) is 10.8. The van der Waals surface area contributed by atoms with Gasteiger partial charge in [-0.25, -0.2) is 4.79 Å². The Hall–Kier alpha value is -0.310. The molecule has 0 saturated heterocycles. The predicted octanol–water partition coefficient (Wildman–Crippen LogP) is 2.76. The molecule has 1 N–H and O–H groups in total. The van der Waals surface area contributed by atoms with E-state index in [-0.39, 0.29) is 0 Å².